The molecule has 3 nitrogen and oxygen atoms in total. The van der Waals surface area contributed by atoms with Crippen molar-refractivity contribution in [2.45, 2.75) is 50.5 Å². The van der Waals surface area contributed by atoms with Crippen LogP contribution in [-0.4, -0.2) is 6.04 Å². The van der Waals surface area contributed by atoms with E-state index in [-0.39, 0.29) is 5.92 Å². The summed E-state index contributed by atoms with van der Waals surface area (Å²) in [5.74, 6) is 2.47. The van der Waals surface area contributed by atoms with E-state index in [1.54, 1.807) is 0 Å². The summed E-state index contributed by atoms with van der Waals surface area (Å²) in [7, 11) is 0. The van der Waals surface area contributed by atoms with Gasteiger partial charge in [-0.25, -0.2) is 0 Å². The minimum atomic E-state index is 0.250. The van der Waals surface area contributed by atoms with E-state index in [0.717, 1.165) is 61.0 Å². The van der Waals surface area contributed by atoms with Gasteiger partial charge in [0, 0.05) is 57.1 Å². The summed E-state index contributed by atoms with van der Waals surface area (Å²) < 4.78 is 12.5. The van der Waals surface area contributed by atoms with Gasteiger partial charge in [0.1, 0.15) is 22.5 Å². The van der Waals surface area contributed by atoms with Gasteiger partial charge in [0.05, 0.1) is 0 Å². The monoisotopic (exact) mass is 651 g/mol. The van der Waals surface area contributed by atoms with E-state index < -0.39 is 0 Å². The van der Waals surface area contributed by atoms with Gasteiger partial charge in [0.25, 0.3) is 0 Å². The zero-order valence-corrected chi connectivity index (χ0v) is 28.2. The fourth-order valence-electron chi connectivity index (χ4n) is 8.97. The first-order chi connectivity index (χ1) is 24.7. The van der Waals surface area contributed by atoms with Crippen LogP contribution in [0.4, 0.5) is 0 Å². The molecule has 4 aliphatic carbocycles. The van der Waals surface area contributed by atoms with Crippen molar-refractivity contribution in [2.24, 2.45) is 17.8 Å². The van der Waals surface area contributed by atoms with E-state index >= 15 is 0 Å². The van der Waals surface area contributed by atoms with Gasteiger partial charge in [-0.3, -0.25) is 0 Å². The molecule has 3 aromatic carbocycles. The first kappa shape index (κ1) is 29.6. The minimum absolute atomic E-state index is 0.250. The first-order valence-corrected chi connectivity index (χ1v) is 18.4. The molecule has 3 heteroatoms. The van der Waals surface area contributed by atoms with Crippen molar-refractivity contribution in [1.82, 2.24) is 5.32 Å². The van der Waals surface area contributed by atoms with Crippen molar-refractivity contribution in [1.29, 1.82) is 0 Å². The molecule has 0 saturated carbocycles. The lowest BCUT2D eigenvalue weighted by atomic mass is 9.74. The molecule has 0 spiro atoms. The molecule has 10 rings (SSSR count). The van der Waals surface area contributed by atoms with Gasteiger partial charge < -0.3 is 14.2 Å². The lowest BCUT2D eigenvalue weighted by molar-refractivity contribution is 0.355. The number of aryl methyl sites for hydroxylation is 1. The van der Waals surface area contributed by atoms with Crippen LogP contribution >= 0.6 is 0 Å². The second-order valence-corrected chi connectivity index (χ2v) is 14.7. The van der Waals surface area contributed by atoms with E-state index in [2.05, 4.69) is 145 Å². The van der Waals surface area contributed by atoms with E-state index in [1.165, 1.54) is 49.7 Å². The molecule has 0 saturated heterocycles. The normalized spacial score (nSPS) is 25.8. The number of nitrogens with one attached hydrogen (secondary N) is 1. The molecule has 1 N–H and O–H groups in total. The predicted molar refractivity (Wildman–Crippen MR) is 207 cm³/mol. The van der Waals surface area contributed by atoms with Crippen LogP contribution in [0.15, 0.2) is 154 Å². The van der Waals surface area contributed by atoms with E-state index in [4.69, 9.17) is 8.83 Å². The highest BCUT2D eigenvalue weighted by atomic mass is 16.3. The maximum absolute atomic E-state index is 6.28. The van der Waals surface area contributed by atoms with E-state index in [9.17, 15) is 0 Å². The molecule has 1 aliphatic heterocycles. The van der Waals surface area contributed by atoms with Crippen molar-refractivity contribution >= 4 is 44.6 Å². The summed E-state index contributed by atoms with van der Waals surface area (Å²) in [6.07, 6.45) is 36.5. The average molecular weight is 652 g/mol. The lowest BCUT2D eigenvalue weighted by Crippen LogP contribution is -2.42. The predicted octanol–water partition coefficient (Wildman–Crippen LogP) is 11.9. The van der Waals surface area contributed by atoms with Crippen molar-refractivity contribution in [3.05, 3.63) is 167 Å². The quantitative estimate of drug-likeness (QED) is 0.205. The molecule has 2 aromatic heterocycles. The molecular formula is C47H41NO2. The molecule has 5 aliphatic rings. The molecule has 0 amide bonds. The summed E-state index contributed by atoms with van der Waals surface area (Å²) in [5.41, 5.74) is 11.1. The molecule has 3 heterocycles. The Kier molecular flexibility index (Phi) is 7.25. The maximum Gasteiger partial charge on any atom is 0.135 e. The summed E-state index contributed by atoms with van der Waals surface area (Å²) in [6, 6.07) is 22.5. The Balaban J connectivity index is 1.09. The molecule has 5 aromatic rings. The van der Waals surface area contributed by atoms with Crippen LogP contribution in [0.3, 0.4) is 0 Å². The molecule has 50 heavy (non-hydrogen) atoms. The Morgan fingerprint density at radius 1 is 0.680 bits per heavy atom. The summed E-state index contributed by atoms with van der Waals surface area (Å²) >= 11 is 0. The van der Waals surface area contributed by atoms with Crippen LogP contribution in [0.2, 0.25) is 0 Å². The number of hydrogen-bond acceptors (Lipinski definition) is 3. The summed E-state index contributed by atoms with van der Waals surface area (Å²) in [5, 5.41) is 7.69. The Bertz CT molecular complexity index is 2400. The highest BCUT2D eigenvalue weighted by Gasteiger charge is 2.32. The maximum atomic E-state index is 6.28. The second-order valence-electron chi connectivity index (χ2n) is 14.7. The van der Waals surface area contributed by atoms with Crippen LogP contribution in [-0.2, 0) is 6.42 Å². The minimum Gasteiger partial charge on any atom is -0.456 e. The number of rotatable bonds is 5. The Hall–Kier alpha value is -5.28. The molecule has 0 bridgehead atoms. The smallest absolute Gasteiger partial charge is 0.135 e. The highest BCUT2D eigenvalue weighted by molar-refractivity contribution is 6.05. The SMILES string of the molecule is C1=CCC(C2=CC(C3=CC(c4ccc5oc6ccccc6c5c4)CC(c4ccc5oc6c(c5c4)CCC=C6)=C3)CC(C3C=CC=CC3)N2)C=C1. The molecule has 0 fully saturated rings. The molecular weight excluding hydrogens is 611 g/mol. The molecule has 246 valence electrons. The third kappa shape index (κ3) is 5.28. The average Bonchev–Trinajstić information content (AvgIpc) is 3.76. The van der Waals surface area contributed by atoms with Gasteiger partial charge >= 0.3 is 0 Å². The van der Waals surface area contributed by atoms with Gasteiger partial charge in [-0.05, 0) is 97.2 Å². The van der Waals surface area contributed by atoms with Crippen molar-refractivity contribution < 1.29 is 8.83 Å². The second kappa shape index (κ2) is 12.2. The Morgan fingerprint density at radius 2 is 1.54 bits per heavy atom. The van der Waals surface area contributed by atoms with Crippen molar-refractivity contribution in [3.63, 3.8) is 0 Å². The number of para-hydroxylation sites is 1. The van der Waals surface area contributed by atoms with Gasteiger partial charge in [-0.1, -0.05) is 103 Å². The van der Waals surface area contributed by atoms with E-state index in [0.29, 0.717) is 23.8 Å². The van der Waals surface area contributed by atoms with Gasteiger partial charge in [-0.15, -0.1) is 0 Å². The van der Waals surface area contributed by atoms with Gasteiger partial charge in [0.2, 0.25) is 0 Å². The fourth-order valence-corrected chi connectivity index (χ4v) is 8.97. The zero-order chi connectivity index (χ0) is 33.0. The number of benzene rings is 3. The van der Waals surface area contributed by atoms with Gasteiger partial charge in [-0.2, -0.15) is 0 Å². The third-order valence-corrected chi connectivity index (χ3v) is 11.6. The third-order valence-electron chi connectivity index (χ3n) is 11.6. The summed E-state index contributed by atoms with van der Waals surface area (Å²) in [6.45, 7) is 0. The van der Waals surface area contributed by atoms with Crippen LogP contribution in [0.1, 0.15) is 60.5 Å². The number of allylic oxidation sites excluding steroid dienone is 13. The van der Waals surface area contributed by atoms with Crippen LogP contribution in [0, 0.1) is 17.8 Å². The standard InChI is InChI=1S/C47H41NO2/c1-3-11-30(12-4-1)42-28-37(29-43(48-42)31-13-5-2-6-14-31)36-24-34(32-19-21-46-40(26-32)38-15-7-9-17-44(38)49-46)23-35(25-36)33-20-22-47-41(27-33)39-16-8-10-18-45(39)50-47/h1-7,9-11,13,15,17-22,24-28,30-31,34,37,43,48H,8,12,14,16,23,29H2. The molecule has 0 radical (unpaired) electrons. The number of fused-ring (bicyclic) bond motifs is 6. The first-order valence-electron chi connectivity index (χ1n) is 18.4. The topological polar surface area (TPSA) is 38.3 Å². The number of furan rings is 2. The Morgan fingerprint density at radius 3 is 2.44 bits per heavy atom. The Labute approximate surface area is 293 Å². The van der Waals surface area contributed by atoms with E-state index in [1.807, 2.05) is 0 Å². The van der Waals surface area contributed by atoms with Crippen LogP contribution in [0.25, 0.3) is 44.6 Å². The van der Waals surface area contributed by atoms with Crippen molar-refractivity contribution in [3.8, 4) is 0 Å². The number of hydrogen-bond donors (Lipinski definition) is 1. The van der Waals surface area contributed by atoms with Gasteiger partial charge in [0.15, 0.2) is 0 Å². The fraction of sp³-hybridized carbons (Fsp3) is 0.234. The molecule has 5 unspecified atom stereocenters. The largest absolute Gasteiger partial charge is 0.456 e. The highest BCUT2D eigenvalue weighted by Crippen LogP contribution is 2.44. The molecule has 5 atom stereocenters. The van der Waals surface area contributed by atoms with Crippen LogP contribution in [0.5, 0.6) is 0 Å². The zero-order valence-electron chi connectivity index (χ0n) is 28.2. The summed E-state index contributed by atoms with van der Waals surface area (Å²) in [4.78, 5) is 0. The van der Waals surface area contributed by atoms with Crippen molar-refractivity contribution in [2.75, 3.05) is 0 Å². The van der Waals surface area contributed by atoms with Crippen LogP contribution < -0.4 is 5.32 Å². The lowest BCUT2D eigenvalue weighted by Gasteiger charge is -2.38.